The Bertz CT molecular complexity index is 1190. The molecule has 2 fully saturated rings. The number of benzene rings is 1. The number of aromatic nitrogens is 3. The molecule has 0 spiro atoms. The van der Waals surface area contributed by atoms with Crippen molar-refractivity contribution in [3.8, 4) is 11.5 Å². The first kappa shape index (κ1) is 24.5. The van der Waals surface area contributed by atoms with Crippen molar-refractivity contribution in [3.63, 3.8) is 0 Å². The number of carbonyl (C=O) groups is 1. The molecule has 1 aromatic carbocycles. The minimum atomic E-state index is -0.617. The summed E-state index contributed by atoms with van der Waals surface area (Å²) >= 11 is 0. The van der Waals surface area contributed by atoms with E-state index < -0.39 is 5.97 Å². The van der Waals surface area contributed by atoms with Crippen molar-refractivity contribution in [3.05, 3.63) is 47.9 Å². The predicted molar refractivity (Wildman–Crippen MR) is 134 cm³/mol. The number of rotatable bonds is 8. The number of nitrogens with one attached hydrogen (secondary N) is 1. The Balaban J connectivity index is 1.31. The van der Waals surface area contributed by atoms with Crippen molar-refractivity contribution < 1.29 is 28.2 Å². The lowest BCUT2D eigenvalue weighted by Crippen LogP contribution is -2.40. The zero-order valence-corrected chi connectivity index (χ0v) is 20.3. The Kier molecular flexibility index (Phi) is 7.72. The minimum absolute atomic E-state index is 0.0992. The normalized spacial score (nSPS) is 16.1. The maximum Gasteiger partial charge on any atom is 0.379 e. The van der Waals surface area contributed by atoms with Crippen molar-refractivity contribution in [1.29, 1.82) is 0 Å². The Hall–Kier alpha value is -4.23. The Morgan fingerprint density at radius 3 is 2.24 bits per heavy atom. The molecule has 13 nitrogen and oxygen atoms in total. The molecule has 3 aromatic rings. The number of nitrogens with zero attached hydrogens (tertiary/aromatic N) is 6. The van der Waals surface area contributed by atoms with Gasteiger partial charge in [-0.1, -0.05) is 0 Å². The minimum Gasteiger partial charge on any atom is -0.493 e. The van der Waals surface area contributed by atoms with Crippen LogP contribution in [0.15, 0.2) is 46.1 Å². The van der Waals surface area contributed by atoms with E-state index in [1.54, 1.807) is 30.5 Å². The Labute approximate surface area is 213 Å². The van der Waals surface area contributed by atoms with E-state index in [1.807, 2.05) is 0 Å². The van der Waals surface area contributed by atoms with Crippen LogP contribution in [-0.2, 0) is 9.47 Å². The quantitative estimate of drug-likeness (QED) is 0.205. The summed E-state index contributed by atoms with van der Waals surface area (Å²) in [6, 6.07) is 8.20. The fourth-order valence-corrected chi connectivity index (χ4v) is 3.77. The SMILES string of the molecule is COc1cc(/C=N/Nc2nc(N3CCOCC3)nc(N3CCOCC3)n2)ccc1OC(=O)c1ccco1. The molecule has 0 unspecified atom stereocenters. The van der Waals surface area contributed by atoms with Crippen LogP contribution in [0.5, 0.6) is 11.5 Å². The van der Waals surface area contributed by atoms with E-state index in [0.717, 1.165) is 0 Å². The summed E-state index contributed by atoms with van der Waals surface area (Å²) in [5.41, 5.74) is 3.61. The molecule has 0 bridgehead atoms. The van der Waals surface area contributed by atoms with E-state index in [4.69, 9.17) is 23.4 Å². The molecule has 37 heavy (non-hydrogen) atoms. The van der Waals surface area contributed by atoms with Crippen LogP contribution in [0.2, 0.25) is 0 Å². The molecule has 0 saturated carbocycles. The first-order chi connectivity index (χ1) is 18.2. The van der Waals surface area contributed by atoms with E-state index in [9.17, 15) is 4.79 Å². The van der Waals surface area contributed by atoms with Crippen molar-refractivity contribution in [2.45, 2.75) is 0 Å². The molecule has 2 aliphatic heterocycles. The summed E-state index contributed by atoms with van der Waals surface area (Å²) in [4.78, 5) is 30.1. The molecule has 2 saturated heterocycles. The summed E-state index contributed by atoms with van der Waals surface area (Å²) in [5.74, 6) is 1.58. The topological polar surface area (TPSA) is 137 Å². The van der Waals surface area contributed by atoms with Crippen LogP contribution >= 0.6 is 0 Å². The molecular weight excluding hydrogens is 482 g/mol. The van der Waals surface area contributed by atoms with Gasteiger partial charge in [0.15, 0.2) is 11.5 Å². The van der Waals surface area contributed by atoms with Gasteiger partial charge < -0.3 is 33.2 Å². The lowest BCUT2D eigenvalue weighted by atomic mass is 10.2. The molecule has 1 N–H and O–H groups in total. The van der Waals surface area contributed by atoms with E-state index >= 15 is 0 Å². The zero-order valence-electron chi connectivity index (χ0n) is 20.3. The Morgan fingerprint density at radius 2 is 1.65 bits per heavy atom. The summed E-state index contributed by atoms with van der Waals surface area (Å²) in [5, 5.41) is 4.30. The highest BCUT2D eigenvalue weighted by Gasteiger charge is 2.21. The van der Waals surface area contributed by atoms with E-state index in [1.165, 1.54) is 19.4 Å². The van der Waals surface area contributed by atoms with Gasteiger partial charge in [-0.15, -0.1) is 0 Å². The maximum absolute atomic E-state index is 12.2. The average Bonchev–Trinajstić information content (AvgIpc) is 3.50. The van der Waals surface area contributed by atoms with Crippen molar-refractivity contribution >= 4 is 30.0 Å². The van der Waals surface area contributed by atoms with Gasteiger partial charge in [0.25, 0.3) is 0 Å². The van der Waals surface area contributed by atoms with E-state index in [-0.39, 0.29) is 11.5 Å². The number of hydrazone groups is 1. The number of ether oxygens (including phenoxy) is 4. The zero-order chi connectivity index (χ0) is 25.5. The molecule has 0 aliphatic carbocycles. The highest BCUT2D eigenvalue weighted by molar-refractivity contribution is 5.89. The van der Waals surface area contributed by atoms with E-state index in [2.05, 4.69) is 35.3 Å². The van der Waals surface area contributed by atoms with Gasteiger partial charge in [0.1, 0.15) is 0 Å². The van der Waals surface area contributed by atoms with Crippen LogP contribution in [0.3, 0.4) is 0 Å². The molecule has 2 aliphatic rings. The summed E-state index contributed by atoms with van der Waals surface area (Å²) < 4.78 is 26.7. The van der Waals surface area contributed by atoms with Gasteiger partial charge in [0, 0.05) is 26.2 Å². The number of furan rings is 1. The molecule has 5 rings (SSSR count). The van der Waals surface area contributed by atoms with Gasteiger partial charge in [-0.25, -0.2) is 10.2 Å². The summed E-state index contributed by atoms with van der Waals surface area (Å²) in [6.07, 6.45) is 2.99. The monoisotopic (exact) mass is 509 g/mol. The van der Waals surface area contributed by atoms with Gasteiger partial charge in [-0.05, 0) is 35.9 Å². The molecule has 0 amide bonds. The molecular formula is C24H27N7O6. The summed E-state index contributed by atoms with van der Waals surface area (Å²) in [7, 11) is 1.49. The van der Waals surface area contributed by atoms with Gasteiger partial charge in [0.2, 0.25) is 23.6 Å². The highest BCUT2D eigenvalue weighted by Crippen LogP contribution is 2.28. The number of carbonyl (C=O) groups excluding carboxylic acids is 1. The van der Waals surface area contributed by atoms with Crippen molar-refractivity contribution in [2.75, 3.05) is 74.9 Å². The van der Waals surface area contributed by atoms with Gasteiger partial charge in [-0.3, -0.25) is 0 Å². The fourth-order valence-electron chi connectivity index (χ4n) is 3.77. The third-order valence-electron chi connectivity index (χ3n) is 5.69. The predicted octanol–water partition coefficient (Wildman–Crippen LogP) is 1.81. The number of esters is 1. The second-order valence-electron chi connectivity index (χ2n) is 8.10. The molecule has 2 aromatic heterocycles. The molecule has 4 heterocycles. The number of anilines is 3. The molecule has 0 radical (unpaired) electrons. The van der Waals surface area contributed by atoms with Gasteiger partial charge >= 0.3 is 5.97 Å². The van der Waals surface area contributed by atoms with Crippen LogP contribution in [0.4, 0.5) is 17.8 Å². The maximum atomic E-state index is 12.2. The lowest BCUT2D eigenvalue weighted by molar-refractivity contribution is 0.0696. The molecule has 0 atom stereocenters. The summed E-state index contributed by atoms with van der Waals surface area (Å²) in [6.45, 7) is 5.28. The van der Waals surface area contributed by atoms with Crippen LogP contribution in [0.1, 0.15) is 16.1 Å². The highest BCUT2D eigenvalue weighted by atomic mass is 16.6. The third-order valence-corrected chi connectivity index (χ3v) is 5.69. The number of hydrogen-bond donors (Lipinski definition) is 1. The van der Waals surface area contributed by atoms with Crippen molar-refractivity contribution in [2.24, 2.45) is 5.10 Å². The van der Waals surface area contributed by atoms with Gasteiger partial charge in [-0.2, -0.15) is 20.1 Å². The van der Waals surface area contributed by atoms with Crippen LogP contribution in [0, 0.1) is 0 Å². The van der Waals surface area contributed by atoms with Crippen molar-refractivity contribution in [1.82, 2.24) is 15.0 Å². The van der Waals surface area contributed by atoms with E-state index in [0.29, 0.717) is 81.8 Å². The Morgan fingerprint density at radius 1 is 0.973 bits per heavy atom. The van der Waals surface area contributed by atoms with Crippen LogP contribution in [0.25, 0.3) is 0 Å². The first-order valence-corrected chi connectivity index (χ1v) is 11.8. The first-order valence-electron chi connectivity index (χ1n) is 11.8. The number of methoxy groups -OCH3 is 1. The average molecular weight is 510 g/mol. The number of morpholine rings is 2. The molecule has 13 heteroatoms. The fraction of sp³-hybridized carbons (Fsp3) is 0.375. The molecule has 194 valence electrons. The third kappa shape index (κ3) is 6.13. The van der Waals surface area contributed by atoms with Crippen LogP contribution in [-0.4, -0.2) is 86.9 Å². The lowest BCUT2D eigenvalue weighted by Gasteiger charge is -2.30. The standard InChI is InChI=1S/C24H27N7O6/c1-33-20-15-17(4-5-18(20)37-21(32)19-3-2-10-36-19)16-25-29-22-26-23(30-6-11-34-12-7-30)28-24(27-22)31-8-13-35-14-9-31/h2-5,10,15-16H,6-9,11-14H2,1H3,(H,26,27,28,29)/b25-16+. The second-order valence-corrected chi connectivity index (χ2v) is 8.10. The second kappa shape index (κ2) is 11.7. The van der Waals surface area contributed by atoms with Gasteiger partial charge in [0.05, 0.1) is 46.0 Å². The van der Waals surface area contributed by atoms with Crippen LogP contribution < -0.4 is 24.7 Å². The number of hydrogen-bond acceptors (Lipinski definition) is 13. The smallest absolute Gasteiger partial charge is 0.379 e. The largest absolute Gasteiger partial charge is 0.493 e.